The van der Waals surface area contributed by atoms with Gasteiger partial charge >= 0.3 is 0 Å². The molecule has 0 saturated heterocycles. The lowest BCUT2D eigenvalue weighted by molar-refractivity contribution is -0.117. The summed E-state index contributed by atoms with van der Waals surface area (Å²) >= 11 is 6.81. The Bertz CT molecular complexity index is 1080. The first-order chi connectivity index (χ1) is 13.4. The van der Waals surface area contributed by atoms with E-state index in [1.807, 2.05) is 6.07 Å². The SMILES string of the molecule is COc1cccc(NC(=O)CN(C)Cc2nc3c(Br)cc(Br)cc3c(=O)[nH]2)c1. The molecule has 146 valence electrons. The molecular formula is C19H18Br2N4O3. The molecule has 9 heteroatoms. The Morgan fingerprint density at radius 3 is 2.82 bits per heavy atom. The van der Waals surface area contributed by atoms with Crippen LogP contribution in [-0.4, -0.2) is 41.5 Å². The topological polar surface area (TPSA) is 87.3 Å². The Morgan fingerprint density at radius 1 is 1.29 bits per heavy atom. The number of carbonyl (C=O) groups excluding carboxylic acids is 1. The van der Waals surface area contributed by atoms with Gasteiger partial charge in [0.2, 0.25) is 5.91 Å². The number of aromatic nitrogens is 2. The smallest absolute Gasteiger partial charge is 0.258 e. The number of nitrogens with one attached hydrogen (secondary N) is 2. The second-order valence-corrected chi connectivity index (χ2v) is 8.02. The predicted octanol–water partition coefficient (Wildman–Crippen LogP) is 3.53. The number of benzene rings is 2. The van der Waals surface area contributed by atoms with Crippen LogP contribution in [0.5, 0.6) is 5.75 Å². The fourth-order valence-electron chi connectivity index (χ4n) is 2.75. The second kappa shape index (κ2) is 8.85. The molecule has 2 N–H and O–H groups in total. The fourth-order valence-corrected chi connectivity index (χ4v) is 4.06. The van der Waals surface area contributed by atoms with Gasteiger partial charge in [0.05, 0.1) is 31.1 Å². The molecule has 0 aliphatic heterocycles. The number of fused-ring (bicyclic) bond motifs is 1. The van der Waals surface area contributed by atoms with E-state index in [-0.39, 0.29) is 18.0 Å². The maximum Gasteiger partial charge on any atom is 0.258 e. The number of nitrogens with zero attached hydrogens (tertiary/aromatic N) is 2. The van der Waals surface area contributed by atoms with Gasteiger partial charge in [-0.1, -0.05) is 22.0 Å². The first-order valence-corrected chi connectivity index (χ1v) is 9.94. The molecular weight excluding hydrogens is 492 g/mol. The highest BCUT2D eigenvalue weighted by Crippen LogP contribution is 2.25. The highest BCUT2D eigenvalue weighted by molar-refractivity contribution is 9.11. The number of halogens is 2. The van der Waals surface area contributed by atoms with E-state index in [0.717, 1.165) is 8.95 Å². The number of ether oxygens (including phenoxy) is 1. The molecule has 1 amide bonds. The lowest BCUT2D eigenvalue weighted by Gasteiger charge is -2.16. The van der Waals surface area contributed by atoms with Crippen LogP contribution in [0.3, 0.4) is 0 Å². The van der Waals surface area contributed by atoms with E-state index in [4.69, 9.17) is 4.74 Å². The number of amides is 1. The highest BCUT2D eigenvalue weighted by atomic mass is 79.9. The Morgan fingerprint density at radius 2 is 2.07 bits per heavy atom. The first-order valence-electron chi connectivity index (χ1n) is 8.36. The molecule has 0 unspecified atom stereocenters. The molecule has 3 aromatic rings. The van der Waals surface area contributed by atoms with Gasteiger partial charge < -0.3 is 15.0 Å². The molecule has 0 aliphatic carbocycles. The van der Waals surface area contributed by atoms with Gasteiger partial charge in [0.1, 0.15) is 11.6 Å². The summed E-state index contributed by atoms with van der Waals surface area (Å²) < 4.78 is 6.66. The number of hydrogen-bond donors (Lipinski definition) is 2. The van der Waals surface area contributed by atoms with Crippen molar-refractivity contribution in [3.63, 3.8) is 0 Å². The molecule has 0 atom stereocenters. The molecule has 3 rings (SSSR count). The zero-order valence-electron chi connectivity index (χ0n) is 15.3. The van der Waals surface area contributed by atoms with Crippen LogP contribution in [0, 0.1) is 0 Å². The minimum absolute atomic E-state index is 0.139. The van der Waals surface area contributed by atoms with E-state index in [1.54, 1.807) is 49.4 Å². The molecule has 0 saturated carbocycles. The first kappa shape index (κ1) is 20.5. The summed E-state index contributed by atoms with van der Waals surface area (Å²) in [6.45, 7) is 0.458. The third-order valence-corrected chi connectivity index (χ3v) is 5.03. The van der Waals surface area contributed by atoms with Gasteiger partial charge in [0, 0.05) is 20.7 Å². The number of aromatic amines is 1. The summed E-state index contributed by atoms with van der Waals surface area (Å²) in [5.74, 6) is 0.975. The number of anilines is 1. The van der Waals surface area contributed by atoms with E-state index in [2.05, 4.69) is 47.1 Å². The molecule has 28 heavy (non-hydrogen) atoms. The summed E-state index contributed by atoms with van der Waals surface area (Å²) in [5.41, 5.74) is 1.01. The fraction of sp³-hybridized carbons (Fsp3) is 0.211. The van der Waals surface area contributed by atoms with E-state index in [1.165, 1.54) is 0 Å². The Labute approximate surface area is 178 Å². The average Bonchev–Trinajstić information content (AvgIpc) is 2.62. The van der Waals surface area contributed by atoms with Crippen molar-refractivity contribution in [3.8, 4) is 5.75 Å². The van der Waals surface area contributed by atoms with Gasteiger partial charge in [-0.15, -0.1) is 0 Å². The van der Waals surface area contributed by atoms with Gasteiger partial charge in [-0.2, -0.15) is 0 Å². The molecule has 1 heterocycles. The number of hydrogen-bond acceptors (Lipinski definition) is 5. The van der Waals surface area contributed by atoms with E-state index in [9.17, 15) is 9.59 Å². The molecule has 0 spiro atoms. The van der Waals surface area contributed by atoms with Crippen molar-refractivity contribution in [2.75, 3.05) is 26.0 Å². The monoisotopic (exact) mass is 508 g/mol. The second-order valence-electron chi connectivity index (χ2n) is 6.25. The van der Waals surface area contributed by atoms with Crippen LogP contribution in [0.1, 0.15) is 5.82 Å². The quantitative estimate of drug-likeness (QED) is 0.530. The van der Waals surface area contributed by atoms with Crippen molar-refractivity contribution in [3.05, 3.63) is 61.5 Å². The minimum Gasteiger partial charge on any atom is -0.497 e. The van der Waals surface area contributed by atoms with Crippen molar-refractivity contribution < 1.29 is 9.53 Å². The van der Waals surface area contributed by atoms with Crippen molar-refractivity contribution in [1.82, 2.24) is 14.9 Å². The van der Waals surface area contributed by atoms with Crippen LogP contribution in [0.25, 0.3) is 10.9 Å². The molecule has 7 nitrogen and oxygen atoms in total. The van der Waals surface area contributed by atoms with Crippen LogP contribution < -0.4 is 15.6 Å². The maximum atomic E-state index is 12.4. The van der Waals surface area contributed by atoms with Crippen molar-refractivity contribution in [2.24, 2.45) is 0 Å². The summed E-state index contributed by atoms with van der Waals surface area (Å²) in [7, 11) is 3.36. The summed E-state index contributed by atoms with van der Waals surface area (Å²) in [5, 5.41) is 3.31. The van der Waals surface area contributed by atoms with Gasteiger partial charge in [-0.3, -0.25) is 14.5 Å². The van der Waals surface area contributed by atoms with Gasteiger partial charge in [-0.25, -0.2) is 4.98 Å². The summed E-state index contributed by atoms with van der Waals surface area (Å²) in [4.78, 5) is 33.7. The average molecular weight is 510 g/mol. The normalized spacial score (nSPS) is 11.0. The number of carbonyl (C=O) groups is 1. The van der Waals surface area contributed by atoms with Gasteiger partial charge in [-0.05, 0) is 47.2 Å². The zero-order valence-corrected chi connectivity index (χ0v) is 18.4. The van der Waals surface area contributed by atoms with E-state index >= 15 is 0 Å². The number of H-pyrrole nitrogens is 1. The molecule has 2 aromatic carbocycles. The van der Waals surface area contributed by atoms with Gasteiger partial charge in [0.15, 0.2) is 0 Å². The van der Waals surface area contributed by atoms with E-state index in [0.29, 0.717) is 34.7 Å². The van der Waals surface area contributed by atoms with Crippen molar-refractivity contribution in [2.45, 2.75) is 6.54 Å². The largest absolute Gasteiger partial charge is 0.497 e. The van der Waals surface area contributed by atoms with Crippen LogP contribution in [0.2, 0.25) is 0 Å². The summed E-state index contributed by atoms with van der Waals surface area (Å²) in [6.07, 6.45) is 0. The van der Waals surface area contributed by atoms with Gasteiger partial charge in [0.25, 0.3) is 5.56 Å². The number of methoxy groups -OCH3 is 1. The lowest BCUT2D eigenvalue weighted by atomic mass is 10.2. The molecule has 0 aliphatic rings. The highest BCUT2D eigenvalue weighted by Gasteiger charge is 2.12. The van der Waals surface area contributed by atoms with Crippen LogP contribution in [-0.2, 0) is 11.3 Å². The third-order valence-electron chi connectivity index (χ3n) is 3.96. The number of rotatable bonds is 6. The molecule has 1 aromatic heterocycles. The Kier molecular flexibility index (Phi) is 6.48. The van der Waals surface area contributed by atoms with Crippen LogP contribution in [0.4, 0.5) is 5.69 Å². The lowest BCUT2D eigenvalue weighted by Crippen LogP contribution is -2.31. The van der Waals surface area contributed by atoms with Crippen LogP contribution >= 0.6 is 31.9 Å². The molecule has 0 radical (unpaired) electrons. The molecule has 0 bridgehead atoms. The maximum absolute atomic E-state index is 12.4. The van der Waals surface area contributed by atoms with E-state index < -0.39 is 0 Å². The third kappa shape index (κ3) is 4.98. The Hall–Kier alpha value is -2.23. The Balaban J connectivity index is 1.69. The minimum atomic E-state index is -0.226. The molecule has 0 fully saturated rings. The number of likely N-dealkylation sites (N-methyl/N-ethyl adjacent to an activating group) is 1. The van der Waals surface area contributed by atoms with Crippen molar-refractivity contribution in [1.29, 1.82) is 0 Å². The summed E-state index contributed by atoms with van der Waals surface area (Å²) in [6, 6.07) is 10.7. The standard InChI is InChI=1S/C19H18Br2N4O3/c1-25(10-17(26)22-12-4-3-5-13(8-12)28-2)9-16-23-18-14(19(27)24-16)6-11(20)7-15(18)21/h3-8H,9-10H2,1-2H3,(H,22,26)(H,23,24,27). The predicted molar refractivity (Wildman–Crippen MR) is 116 cm³/mol. The zero-order chi connectivity index (χ0) is 20.3. The van der Waals surface area contributed by atoms with Crippen molar-refractivity contribution >= 4 is 54.4 Å². The van der Waals surface area contributed by atoms with Crippen LogP contribution in [0.15, 0.2) is 50.1 Å².